The molecule has 0 spiro atoms. The lowest BCUT2D eigenvalue weighted by atomic mass is 10.1. The predicted molar refractivity (Wildman–Crippen MR) is 112 cm³/mol. The number of likely N-dealkylation sites (tertiary alicyclic amines) is 1. The maximum Gasteiger partial charge on any atom is 0.241 e. The van der Waals surface area contributed by atoms with Crippen LogP contribution in [0.5, 0.6) is 0 Å². The average molecular weight is 512 g/mol. The number of amides is 1. The molecule has 1 aliphatic heterocycles. The van der Waals surface area contributed by atoms with Crippen LogP contribution in [0.2, 0.25) is 0 Å². The van der Waals surface area contributed by atoms with Crippen molar-refractivity contribution in [3.05, 3.63) is 22.4 Å². The predicted octanol–water partition coefficient (Wildman–Crippen LogP) is 2.43. The highest BCUT2D eigenvalue weighted by Gasteiger charge is 2.17. The standard InChI is InChI=1S/C16H26BrN5O.HI/c1-18-16(19-10-15(23)22-7-5-4-6-8-22)21(3)12-14-9-13(17)11-20(14)2;/h9,11H,4-8,10,12H2,1-3H3,(H,18,19);1H. The third kappa shape index (κ3) is 5.94. The Morgan fingerprint density at radius 1 is 1.38 bits per heavy atom. The highest BCUT2D eigenvalue weighted by Crippen LogP contribution is 2.15. The highest BCUT2D eigenvalue weighted by atomic mass is 127. The molecule has 0 unspecified atom stereocenters. The van der Waals surface area contributed by atoms with Gasteiger partial charge in [-0.1, -0.05) is 0 Å². The fraction of sp³-hybridized carbons (Fsp3) is 0.625. The summed E-state index contributed by atoms with van der Waals surface area (Å²) in [6, 6.07) is 2.09. The van der Waals surface area contributed by atoms with E-state index in [4.69, 9.17) is 0 Å². The van der Waals surface area contributed by atoms with E-state index < -0.39 is 0 Å². The van der Waals surface area contributed by atoms with Crippen LogP contribution in [0, 0.1) is 0 Å². The Morgan fingerprint density at radius 2 is 2.04 bits per heavy atom. The van der Waals surface area contributed by atoms with E-state index in [1.807, 2.05) is 30.1 Å². The summed E-state index contributed by atoms with van der Waals surface area (Å²) in [5.41, 5.74) is 1.17. The minimum Gasteiger partial charge on any atom is -0.352 e. The lowest BCUT2D eigenvalue weighted by molar-refractivity contribution is -0.130. The molecule has 1 fully saturated rings. The van der Waals surface area contributed by atoms with Gasteiger partial charge in [-0.05, 0) is 41.3 Å². The molecular weight excluding hydrogens is 485 g/mol. The van der Waals surface area contributed by atoms with Crippen molar-refractivity contribution in [2.45, 2.75) is 25.8 Å². The van der Waals surface area contributed by atoms with E-state index >= 15 is 0 Å². The number of carbonyl (C=O) groups excluding carboxylic acids is 1. The van der Waals surface area contributed by atoms with Crippen molar-refractivity contribution >= 4 is 51.8 Å². The molecule has 1 N–H and O–H groups in total. The number of nitrogens with one attached hydrogen (secondary N) is 1. The van der Waals surface area contributed by atoms with Gasteiger partial charge in [0.05, 0.1) is 13.1 Å². The summed E-state index contributed by atoms with van der Waals surface area (Å²) in [7, 11) is 5.73. The quantitative estimate of drug-likeness (QED) is 0.384. The van der Waals surface area contributed by atoms with Crippen LogP contribution in [0.1, 0.15) is 25.0 Å². The molecule has 1 aromatic rings. The second-order valence-corrected chi connectivity index (χ2v) is 6.87. The normalized spacial score (nSPS) is 15.0. The van der Waals surface area contributed by atoms with Crippen LogP contribution in [-0.2, 0) is 18.4 Å². The SMILES string of the molecule is CN=C(NCC(=O)N1CCCCC1)N(C)Cc1cc(Br)cn1C.I. The van der Waals surface area contributed by atoms with Crippen LogP contribution >= 0.6 is 39.9 Å². The van der Waals surface area contributed by atoms with E-state index in [-0.39, 0.29) is 29.9 Å². The molecule has 2 rings (SSSR count). The molecule has 1 aromatic heterocycles. The van der Waals surface area contributed by atoms with Crippen molar-refractivity contribution in [2.75, 3.05) is 33.7 Å². The molecule has 0 radical (unpaired) electrons. The summed E-state index contributed by atoms with van der Waals surface area (Å²) in [6.07, 6.45) is 5.48. The van der Waals surface area contributed by atoms with Crippen molar-refractivity contribution in [1.82, 2.24) is 19.7 Å². The lowest BCUT2D eigenvalue weighted by Gasteiger charge is -2.28. The molecule has 0 atom stereocenters. The summed E-state index contributed by atoms with van der Waals surface area (Å²) in [5, 5.41) is 3.18. The Hall–Kier alpha value is -0.770. The molecule has 8 heteroatoms. The minimum atomic E-state index is 0. The second kappa shape index (κ2) is 10.3. The van der Waals surface area contributed by atoms with E-state index in [0.717, 1.165) is 42.9 Å². The monoisotopic (exact) mass is 511 g/mol. The molecule has 1 saturated heterocycles. The summed E-state index contributed by atoms with van der Waals surface area (Å²) >= 11 is 3.49. The zero-order valence-corrected chi connectivity index (χ0v) is 18.5. The van der Waals surface area contributed by atoms with E-state index in [0.29, 0.717) is 6.54 Å². The summed E-state index contributed by atoms with van der Waals surface area (Å²) in [6.45, 7) is 2.78. The van der Waals surface area contributed by atoms with Crippen LogP contribution in [0.15, 0.2) is 21.7 Å². The number of aliphatic imine (C=N–C) groups is 1. The number of guanidine groups is 1. The number of carbonyl (C=O) groups is 1. The Balaban J connectivity index is 0.00000288. The Morgan fingerprint density at radius 3 is 2.58 bits per heavy atom. The van der Waals surface area contributed by atoms with Gasteiger partial charge in [0.15, 0.2) is 5.96 Å². The first-order valence-electron chi connectivity index (χ1n) is 8.01. The molecule has 136 valence electrons. The van der Waals surface area contributed by atoms with E-state index in [2.05, 4.69) is 36.9 Å². The van der Waals surface area contributed by atoms with Crippen LogP contribution in [0.4, 0.5) is 0 Å². The molecular formula is C16H27BrIN5O. The number of piperidine rings is 1. The first kappa shape index (κ1) is 21.3. The van der Waals surface area contributed by atoms with Gasteiger partial charge < -0.3 is 19.7 Å². The maximum absolute atomic E-state index is 12.2. The number of hydrogen-bond donors (Lipinski definition) is 1. The van der Waals surface area contributed by atoms with Gasteiger partial charge in [-0.15, -0.1) is 24.0 Å². The van der Waals surface area contributed by atoms with Crippen molar-refractivity contribution in [1.29, 1.82) is 0 Å². The minimum absolute atomic E-state index is 0. The smallest absolute Gasteiger partial charge is 0.241 e. The Labute approximate surface area is 169 Å². The fourth-order valence-corrected chi connectivity index (χ4v) is 3.41. The zero-order valence-electron chi connectivity index (χ0n) is 14.6. The molecule has 6 nitrogen and oxygen atoms in total. The topological polar surface area (TPSA) is 52.9 Å². The van der Waals surface area contributed by atoms with Crippen molar-refractivity contribution in [3.8, 4) is 0 Å². The molecule has 24 heavy (non-hydrogen) atoms. The molecule has 0 aliphatic carbocycles. The van der Waals surface area contributed by atoms with Crippen molar-refractivity contribution in [2.24, 2.45) is 12.0 Å². The number of aryl methyl sites for hydroxylation is 1. The lowest BCUT2D eigenvalue weighted by Crippen LogP contribution is -2.46. The van der Waals surface area contributed by atoms with Gasteiger partial charge in [-0.3, -0.25) is 9.79 Å². The molecule has 0 saturated carbocycles. The van der Waals surface area contributed by atoms with Gasteiger partial charge in [0, 0.05) is 50.6 Å². The van der Waals surface area contributed by atoms with Crippen LogP contribution in [0.25, 0.3) is 0 Å². The molecule has 0 bridgehead atoms. The Bertz CT molecular complexity index is 569. The number of halogens is 2. The van der Waals surface area contributed by atoms with Crippen LogP contribution in [0.3, 0.4) is 0 Å². The third-order valence-electron chi connectivity index (χ3n) is 4.15. The fourth-order valence-electron chi connectivity index (χ4n) is 2.84. The number of rotatable bonds is 4. The first-order chi connectivity index (χ1) is 11.0. The van der Waals surface area contributed by atoms with Gasteiger partial charge in [0.25, 0.3) is 0 Å². The first-order valence-corrected chi connectivity index (χ1v) is 8.81. The van der Waals surface area contributed by atoms with Crippen LogP contribution in [-0.4, -0.2) is 60.0 Å². The summed E-state index contributed by atoms with van der Waals surface area (Å²) in [4.78, 5) is 20.5. The number of nitrogens with zero attached hydrogens (tertiary/aromatic N) is 4. The number of aromatic nitrogens is 1. The molecule has 1 aliphatic rings. The van der Waals surface area contributed by atoms with Gasteiger partial charge in [0.2, 0.25) is 5.91 Å². The van der Waals surface area contributed by atoms with Gasteiger partial charge in [0.1, 0.15) is 0 Å². The zero-order chi connectivity index (χ0) is 16.8. The summed E-state index contributed by atoms with van der Waals surface area (Å²) in [5.74, 6) is 0.883. The van der Waals surface area contributed by atoms with Crippen molar-refractivity contribution < 1.29 is 4.79 Å². The summed E-state index contributed by atoms with van der Waals surface area (Å²) < 4.78 is 3.14. The largest absolute Gasteiger partial charge is 0.352 e. The number of hydrogen-bond acceptors (Lipinski definition) is 2. The van der Waals surface area contributed by atoms with Gasteiger partial charge in [-0.25, -0.2) is 0 Å². The third-order valence-corrected chi connectivity index (χ3v) is 4.59. The molecule has 1 amide bonds. The van der Waals surface area contributed by atoms with Gasteiger partial charge >= 0.3 is 0 Å². The van der Waals surface area contributed by atoms with E-state index in [1.54, 1.807) is 7.05 Å². The maximum atomic E-state index is 12.2. The average Bonchev–Trinajstić information content (AvgIpc) is 2.86. The van der Waals surface area contributed by atoms with Gasteiger partial charge in [-0.2, -0.15) is 0 Å². The second-order valence-electron chi connectivity index (χ2n) is 5.96. The Kier molecular flexibility index (Phi) is 9.11. The van der Waals surface area contributed by atoms with E-state index in [9.17, 15) is 4.79 Å². The molecule has 2 heterocycles. The van der Waals surface area contributed by atoms with Crippen molar-refractivity contribution in [3.63, 3.8) is 0 Å². The highest BCUT2D eigenvalue weighted by molar-refractivity contribution is 14.0. The molecule has 0 aromatic carbocycles. The van der Waals surface area contributed by atoms with E-state index in [1.165, 1.54) is 12.1 Å². The van der Waals surface area contributed by atoms with Crippen LogP contribution < -0.4 is 5.32 Å².